The highest BCUT2D eigenvalue weighted by Crippen LogP contribution is 2.17. The molecule has 0 bridgehead atoms. The van der Waals surface area contributed by atoms with Crippen LogP contribution in [-0.2, 0) is 6.54 Å². The van der Waals surface area contributed by atoms with Crippen LogP contribution in [0.1, 0.15) is 48.0 Å². The van der Waals surface area contributed by atoms with E-state index in [9.17, 15) is 9.18 Å². The molecule has 1 fully saturated rings. The highest BCUT2D eigenvalue weighted by molar-refractivity contribution is 5.89. The summed E-state index contributed by atoms with van der Waals surface area (Å²) >= 11 is 0. The first-order valence-corrected chi connectivity index (χ1v) is 6.91. The van der Waals surface area contributed by atoms with E-state index in [0.29, 0.717) is 12.1 Å². The number of hydrogen-bond acceptors (Lipinski definition) is 2. The molecule has 1 heterocycles. The molecule has 3 nitrogen and oxygen atoms in total. The molecular weight excluding hydrogens is 245 g/mol. The Balaban J connectivity index is 2.10. The lowest BCUT2D eigenvalue weighted by molar-refractivity contribution is 0.0693. The van der Waals surface area contributed by atoms with Crippen LogP contribution in [0.5, 0.6) is 0 Å². The Morgan fingerprint density at radius 2 is 1.79 bits per heavy atom. The van der Waals surface area contributed by atoms with Gasteiger partial charge in [0, 0.05) is 6.54 Å². The van der Waals surface area contributed by atoms with E-state index in [0.717, 1.165) is 32.0 Å². The Kier molecular flexibility index (Phi) is 4.91. The lowest BCUT2D eigenvalue weighted by Gasteiger charge is -2.25. The number of benzene rings is 1. The lowest BCUT2D eigenvalue weighted by atomic mass is 10.0. The van der Waals surface area contributed by atoms with Gasteiger partial charge in [-0.2, -0.15) is 0 Å². The van der Waals surface area contributed by atoms with Gasteiger partial charge in [-0.15, -0.1) is 0 Å². The Hall–Kier alpha value is -1.42. The number of nitrogens with zero attached hydrogens (tertiary/aromatic N) is 1. The lowest BCUT2D eigenvalue weighted by Crippen LogP contribution is -2.27. The summed E-state index contributed by atoms with van der Waals surface area (Å²) in [6.07, 6.45) is 6.09. The topological polar surface area (TPSA) is 40.5 Å². The van der Waals surface area contributed by atoms with Crippen molar-refractivity contribution in [2.45, 2.75) is 38.6 Å². The Morgan fingerprint density at radius 1 is 1.16 bits per heavy atom. The van der Waals surface area contributed by atoms with Gasteiger partial charge in [0.05, 0.1) is 5.56 Å². The highest BCUT2D eigenvalue weighted by atomic mass is 19.1. The van der Waals surface area contributed by atoms with Gasteiger partial charge in [0.2, 0.25) is 0 Å². The molecule has 0 spiro atoms. The molecule has 0 amide bonds. The molecule has 104 valence electrons. The van der Waals surface area contributed by atoms with Crippen LogP contribution in [0.4, 0.5) is 4.39 Å². The van der Waals surface area contributed by atoms with Crippen LogP contribution in [0, 0.1) is 5.82 Å². The molecular formula is C15H20FNO2. The zero-order valence-corrected chi connectivity index (χ0v) is 11.1. The molecule has 1 aliphatic rings. The predicted octanol–water partition coefficient (Wildman–Crippen LogP) is 3.29. The molecule has 19 heavy (non-hydrogen) atoms. The monoisotopic (exact) mass is 265 g/mol. The van der Waals surface area contributed by atoms with Gasteiger partial charge in [-0.25, -0.2) is 9.18 Å². The van der Waals surface area contributed by atoms with Gasteiger partial charge < -0.3 is 5.11 Å². The van der Waals surface area contributed by atoms with Crippen molar-refractivity contribution < 1.29 is 14.3 Å². The fraction of sp³-hybridized carbons (Fsp3) is 0.533. The number of likely N-dealkylation sites (tertiary alicyclic amines) is 1. The van der Waals surface area contributed by atoms with Crippen LogP contribution in [0.2, 0.25) is 0 Å². The SMILES string of the molecule is O=C(O)c1cc(F)ccc1CN1CCCCCCC1. The third-order valence-electron chi connectivity index (χ3n) is 3.64. The van der Waals surface area contributed by atoms with Gasteiger partial charge in [0.25, 0.3) is 0 Å². The first kappa shape index (κ1) is 14.0. The van der Waals surface area contributed by atoms with Gasteiger partial charge >= 0.3 is 5.97 Å². The number of halogens is 1. The van der Waals surface area contributed by atoms with Crippen molar-refractivity contribution in [3.05, 3.63) is 35.1 Å². The van der Waals surface area contributed by atoms with Crippen LogP contribution in [0.3, 0.4) is 0 Å². The molecule has 4 heteroatoms. The summed E-state index contributed by atoms with van der Waals surface area (Å²) in [5.41, 5.74) is 0.788. The van der Waals surface area contributed by atoms with Crippen molar-refractivity contribution in [2.75, 3.05) is 13.1 Å². The Labute approximate surface area is 113 Å². The van der Waals surface area contributed by atoms with Crippen LogP contribution < -0.4 is 0 Å². The third kappa shape index (κ3) is 4.03. The minimum atomic E-state index is -1.05. The van der Waals surface area contributed by atoms with Crippen molar-refractivity contribution in [3.63, 3.8) is 0 Å². The molecule has 1 saturated heterocycles. The second kappa shape index (κ2) is 6.66. The molecule has 1 aromatic rings. The number of carboxylic acids is 1. The molecule has 1 aliphatic heterocycles. The van der Waals surface area contributed by atoms with E-state index in [4.69, 9.17) is 5.11 Å². The van der Waals surface area contributed by atoms with E-state index < -0.39 is 11.8 Å². The van der Waals surface area contributed by atoms with Crippen LogP contribution in [-0.4, -0.2) is 29.1 Å². The zero-order valence-electron chi connectivity index (χ0n) is 11.1. The van der Waals surface area contributed by atoms with Crippen molar-refractivity contribution in [2.24, 2.45) is 0 Å². The van der Waals surface area contributed by atoms with Crippen molar-refractivity contribution in [1.29, 1.82) is 0 Å². The van der Waals surface area contributed by atoms with E-state index in [1.54, 1.807) is 6.07 Å². The maximum Gasteiger partial charge on any atom is 0.336 e. The first-order chi connectivity index (χ1) is 9.16. The van der Waals surface area contributed by atoms with Gasteiger partial charge in [-0.1, -0.05) is 25.3 Å². The molecule has 2 rings (SSSR count). The molecule has 1 aromatic carbocycles. The van der Waals surface area contributed by atoms with Gasteiger partial charge in [-0.3, -0.25) is 4.90 Å². The average molecular weight is 265 g/mol. The van der Waals surface area contributed by atoms with Crippen molar-refractivity contribution in [1.82, 2.24) is 4.90 Å². The van der Waals surface area contributed by atoms with Crippen molar-refractivity contribution in [3.8, 4) is 0 Å². The number of hydrogen-bond donors (Lipinski definition) is 1. The maximum absolute atomic E-state index is 13.1. The van der Waals surface area contributed by atoms with E-state index in [1.807, 2.05) is 0 Å². The molecule has 0 saturated carbocycles. The molecule has 0 unspecified atom stereocenters. The van der Waals surface area contributed by atoms with Crippen molar-refractivity contribution >= 4 is 5.97 Å². The number of aromatic carboxylic acids is 1. The summed E-state index contributed by atoms with van der Waals surface area (Å²) in [6, 6.07) is 4.05. The number of carboxylic acid groups (broad SMARTS) is 1. The smallest absolute Gasteiger partial charge is 0.336 e. The summed E-state index contributed by atoms with van der Waals surface area (Å²) in [5, 5.41) is 9.13. The second-order valence-corrected chi connectivity index (χ2v) is 5.15. The predicted molar refractivity (Wildman–Crippen MR) is 71.7 cm³/mol. The quantitative estimate of drug-likeness (QED) is 0.911. The van der Waals surface area contributed by atoms with E-state index in [1.165, 1.54) is 25.3 Å². The molecule has 0 aromatic heterocycles. The largest absolute Gasteiger partial charge is 0.478 e. The first-order valence-electron chi connectivity index (χ1n) is 6.91. The van der Waals surface area contributed by atoms with Gasteiger partial charge in [-0.05, 0) is 43.6 Å². The highest BCUT2D eigenvalue weighted by Gasteiger charge is 2.15. The van der Waals surface area contributed by atoms with E-state index in [-0.39, 0.29) is 5.56 Å². The standard InChI is InChI=1S/C15H20FNO2/c16-13-7-6-12(14(10-13)15(18)19)11-17-8-4-2-1-3-5-9-17/h6-7,10H,1-5,8-9,11H2,(H,18,19). The Bertz CT molecular complexity index is 440. The Morgan fingerprint density at radius 3 is 2.42 bits per heavy atom. The second-order valence-electron chi connectivity index (χ2n) is 5.15. The summed E-state index contributed by atoms with van der Waals surface area (Å²) in [5.74, 6) is -1.55. The number of rotatable bonds is 3. The van der Waals surface area contributed by atoms with Crippen LogP contribution >= 0.6 is 0 Å². The normalized spacial score (nSPS) is 17.7. The van der Waals surface area contributed by atoms with Crippen LogP contribution in [0.25, 0.3) is 0 Å². The minimum absolute atomic E-state index is 0.0852. The summed E-state index contributed by atoms with van der Waals surface area (Å²) < 4.78 is 13.1. The third-order valence-corrected chi connectivity index (χ3v) is 3.64. The van der Waals surface area contributed by atoms with Crippen LogP contribution in [0.15, 0.2) is 18.2 Å². The molecule has 0 aliphatic carbocycles. The maximum atomic E-state index is 13.1. The fourth-order valence-corrected chi connectivity index (χ4v) is 2.60. The summed E-state index contributed by atoms with van der Waals surface area (Å²) in [4.78, 5) is 13.4. The fourth-order valence-electron chi connectivity index (χ4n) is 2.60. The molecule has 0 radical (unpaired) electrons. The van der Waals surface area contributed by atoms with E-state index >= 15 is 0 Å². The number of carbonyl (C=O) groups is 1. The molecule has 1 N–H and O–H groups in total. The summed E-state index contributed by atoms with van der Waals surface area (Å²) in [7, 11) is 0. The van der Waals surface area contributed by atoms with E-state index in [2.05, 4.69) is 4.90 Å². The van der Waals surface area contributed by atoms with Gasteiger partial charge in [0.15, 0.2) is 0 Å². The zero-order chi connectivity index (χ0) is 13.7. The average Bonchev–Trinajstić information content (AvgIpc) is 2.34. The van der Waals surface area contributed by atoms with Gasteiger partial charge in [0.1, 0.15) is 5.82 Å². The molecule has 0 atom stereocenters. The minimum Gasteiger partial charge on any atom is -0.478 e. The summed E-state index contributed by atoms with van der Waals surface area (Å²) in [6.45, 7) is 2.59.